The van der Waals surface area contributed by atoms with Crippen molar-refractivity contribution in [2.45, 2.75) is 25.3 Å². The van der Waals surface area contributed by atoms with Gasteiger partial charge in [-0.05, 0) is 18.9 Å². The first-order valence-electron chi connectivity index (χ1n) is 6.97. The molecular weight excluding hydrogens is 290 g/mol. The standard InChI is InChI=1S/C14H17N3O5/c18-13(16-7-3-4-10(16)8-14(19)20)9-15-11-5-1-2-6-12(11)17(21)22/h1-2,5-6,10,15H,3-4,7-9H2,(H,19,20). The van der Waals surface area contributed by atoms with Crippen molar-refractivity contribution in [2.75, 3.05) is 18.4 Å². The monoisotopic (exact) mass is 307 g/mol. The van der Waals surface area contributed by atoms with Crippen molar-refractivity contribution >= 4 is 23.3 Å². The Bertz CT molecular complexity index is 590. The summed E-state index contributed by atoms with van der Waals surface area (Å²) in [4.78, 5) is 34.9. The van der Waals surface area contributed by atoms with Crippen LogP contribution in [0.15, 0.2) is 24.3 Å². The molecular formula is C14H17N3O5. The lowest BCUT2D eigenvalue weighted by molar-refractivity contribution is -0.383. The number of carbonyl (C=O) groups excluding carboxylic acids is 1. The van der Waals surface area contributed by atoms with Crippen LogP contribution in [0.3, 0.4) is 0 Å². The van der Waals surface area contributed by atoms with Gasteiger partial charge in [0.1, 0.15) is 5.69 Å². The SMILES string of the molecule is O=C(O)CC1CCCN1C(=O)CNc1ccccc1[N+](=O)[O-]. The third-order valence-electron chi connectivity index (χ3n) is 3.64. The number of nitro benzene ring substituents is 1. The molecule has 1 aromatic carbocycles. The molecule has 2 N–H and O–H groups in total. The molecule has 1 saturated heterocycles. The van der Waals surface area contributed by atoms with E-state index in [0.29, 0.717) is 13.0 Å². The van der Waals surface area contributed by atoms with Gasteiger partial charge in [0, 0.05) is 18.7 Å². The second-order valence-corrected chi connectivity index (χ2v) is 5.11. The van der Waals surface area contributed by atoms with Gasteiger partial charge in [-0.2, -0.15) is 0 Å². The molecule has 1 atom stereocenters. The lowest BCUT2D eigenvalue weighted by atomic mass is 10.1. The predicted molar refractivity (Wildman–Crippen MR) is 78.6 cm³/mol. The number of rotatable bonds is 6. The largest absolute Gasteiger partial charge is 0.481 e. The molecule has 1 fully saturated rings. The van der Waals surface area contributed by atoms with Crippen LogP contribution in [0.5, 0.6) is 0 Å². The van der Waals surface area contributed by atoms with Crippen LogP contribution in [-0.4, -0.2) is 45.9 Å². The highest BCUT2D eigenvalue weighted by Crippen LogP contribution is 2.24. The molecule has 1 heterocycles. The van der Waals surface area contributed by atoms with Gasteiger partial charge in [0.25, 0.3) is 5.69 Å². The second kappa shape index (κ2) is 6.88. The summed E-state index contributed by atoms with van der Waals surface area (Å²) >= 11 is 0. The topological polar surface area (TPSA) is 113 Å². The van der Waals surface area contributed by atoms with Crippen molar-refractivity contribution in [2.24, 2.45) is 0 Å². The number of carboxylic acids is 1. The summed E-state index contributed by atoms with van der Waals surface area (Å²) in [5.74, 6) is -1.18. The van der Waals surface area contributed by atoms with Crippen LogP contribution >= 0.6 is 0 Å². The van der Waals surface area contributed by atoms with Crippen LogP contribution in [0.2, 0.25) is 0 Å². The number of para-hydroxylation sites is 2. The minimum Gasteiger partial charge on any atom is -0.481 e. The second-order valence-electron chi connectivity index (χ2n) is 5.11. The Labute approximate surface area is 126 Å². The van der Waals surface area contributed by atoms with Gasteiger partial charge in [-0.1, -0.05) is 12.1 Å². The third-order valence-corrected chi connectivity index (χ3v) is 3.64. The highest BCUT2D eigenvalue weighted by molar-refractivity contribution is 5.83. The lowest BCUT2D eigenvalue weighted by Crippen LogP contribution is -2.40. The van der Waals surface area contributed by atoms with Crippen LogP contribution in [0.25, 0.3) is 0 Å². The maximum Gasteiger partial charge on any atom is 0.305 e. The minimum absolute atomic E-state index is 0.0722. The zero-order valence-electron chi connectivity index (χ0n) is 11.9. The van der Waals surface area contributed by atoms with Gasteiger partial charge in [0.15, 0.2) is 0 Å². The number of nitrogens with zero attached hydrogens (tertiary/aromatic N) is 2. The van der Waals surface area contributed by atoms with E-state index in [2.05, 4.69) is 5.32 Å². The fourth-order valence-corrected chi connectivity index (χ4v) is 2.63. The molecule has 1 amide bonds. The highest BCUT2D eigenvalue weighted by atomic mass is 16.6. The molecule has 1 aliphatic rings. The zero-order chi connectivity index (χ0) is 16.1. The molecule has 0 aromatic heterocycles. The number of amides is 1. The number of benzene rings is 1. The van der Waals surface area contributed by atoms with E-state index in [1.807, 2.05) is 0 Å². The van der Waals surface area contributed by atoms with Crippen LogP contribution in [0, 0.1) is 10.1 Å². The smallest absolute Gasteiger partial charge is 0.305 e. The maximum atomic E-state index is 12.2. The predicted octanol–water partition coefficient (Wildman–Crippen LogP) is 1.47. The number of nitrogens with one attached hydrogen (secondary N) is 1. The lowest BCUT2D eigenvalue weighted by Gasteiger charge is -2.23. The molecule has 2 rings (SSSR count). The Balaban J connectivity index is 1.98. The number of aliphatic carboxylic acids is 1. The van der Waals surface area contributed by atoms with Crippen molar-refractivity contribution in [3.05, 3.63) is 34.4 Å². The molecule has 1 aliphatic heterocycles. The molecule has 0 aliphatic carbocycles. The summed E-state index contributed by atoms with van der Waals surface area (Å²) in [6.45, 7) is 0.427. The molecule has 0 saturated carbocycles. The number of anilines is 1. The highest BCUT2D eigenvalue weighted by Gasteiger charge is 2.30. The quantitative estimate of drug-likeness (QED) is 0.608. The Morgan fingerprint density at radius 3 is 2.82 bits per heavy atom. The number of likely N-dealkylation sites (tertiary alicyclic amines) is 1. The molecule has 8 heteroatoms. The average Bonchev–Trinajstić information content (AvgIpc) is 2.92. The summed E-state index contributed by atoms with van der Waals surface area (Å²) in [6, 6.07) is 5.79. The summed E-state index contributed by atoms with van der Waals surface area (Å²) in [7, 11) is 0. The third kappa shape index (κ3) is 3.72. The number of carbonyl (C=O) groups is 2. The average molecular weight is 307 g/mol. The fraction of sp³-hybridized carbons (Fsp3) is 0.429. The molecule has 1 unspecified atom stereocenters. The first kappa shape index (κ1) is 15.7. The van der Waals surface area contributed by atoms with Crippen LogP contribution < -0.4 is 5.32 Å². The normalized spacial score (nSPS) is 17.3. The Kier molecular flexibility index (Phi) is 4.92. The Morgan fingerprint density at radius 1 is 1.41 bits per heavy atom. The number of nitro groups is 1. The molecule has 1 aromatic rings. The molecule has 22 heavy (non-hydrogen) atoms. The Morgan fingerprint density at radius 2 is 2.14 bits per heavy atom. The van der Waals surface area contributed by atoms with Gasteiger partial charge in [-0.25, -0.2) is 0 Å². The molecule has 0 spiro atoms. The number of hydrogen-bond donors (Lipinski definition) is 2. The van der Waals surface area contributed by atoms with Crippen LogP contribution in [0.4, 0.5) is 11.4 Å². The number of hydrogen-bond acceptors (Lipinski definition) is 5. The van der Waals surface area contributed by atoms with Crippen LogP contribution in [0.1, 0.15) is 19.3 Å². The summed E-state index contributed by atoms with van der Waals surface area (Å²) in [5, 5.41) is 22.5. The van der Waals surface area contributed by atoms with Crippen molar-refractivity contribution in [1.29, 1.82) is 0 Å². The van der Waals surface area contributed by atoms with Gasteiger partial charge >= 0.3 is 5.97 Å². The minimum atomic E-state index is -0.934. The first-order chi connectivity index (χ1) is 10.5. The van der Waals surface area contributed by atoms with Gasteiger partial charge in [0.05, 0.1) is 17.9 Å². The van der Waals surface area contributed by atoms with Gasteiger partial charge < -0.3 is 15.3 Å². The van der Waals surface area contributed by atoms with Gasteiger partial charge in [-0.15, -0.1) is 0 Å². The van der Waals surface area contributed by atoms with Gasteiger partial charge in [-0.3, -0.25) is 19.7 Å². The van der Waals surface area contributed by atoms with Crippen molar-refractivity contribution in [3.63, 3.8) is 0 Å². The van der Waals surface area contributed by atoms with E-state index in [1.54, 1.807) is 12.1 Å². The molecule has 8 nitrogen and oxygen atoms in total. The van der Waals surface area contributed by atoms with E-state index in [4.69, 9.17) is 5.11 Å². The van der Waals surface area contributed by atoms with Crippen LogP contribution in [-0.2, 0) is 9.59 Å². The van der Waals surface area contributed by atoms with Gasteiger partial charge in [0.2, 0.25) is 5.91 Å². The molecule has 0 bridgehead atoms. The zero-order valence-corrected chi connectivity index (χ0v) is 11.9. The van der Waals surface area contributed by atoms with E-state index >= 15 is 0 Å². The number of carboxylic acid groups (broad SMARTS) is 1. The first-order valence-corrected chi connectivity index (χ1v) is 6.97. The summed E-state index contributed by atoms with van der Waals surface area (Å²) < 4.78 is 0. The van der Waals surface area contributed by atoms with E-state index in [0.717, 1.165) is 6.42 Å². The summed E-state index contributed by atoms with van der Waals surface area (Å²) in [5.41, 5.74) is 0.175. The summed E-state index contributed by atoms with van der Waals surface area (Å²) in [6.07, 6.45) is 1.37. The Hall–Kier alpha value is -2.64. The maximum absolute atomic E-state index is 12.2. The van der Waals surface area contributed by atoms with Crippen molar-refractivity contribution < 1.29 is 19.6 Å². The van der Waals surface area contributed by atoms with Crippen molar-refractivity contribution in [3.8, 4) is 0 Å². The molecule has 118 valence electrons. The van der Waals surface area contributed by atoms with E-state index in [-0.39, 0.29) is 36.3 Å². The molecule has 0 radical (unpaired) electrons. The van der Waals surface area contributed by atoms with E-state index < -0.39 is 10.9 Å². The fourth-order valence-electron chi connectivity index (χ4n) is 2.63. The van der Waals surface area contributed by atoms with E-state index in [1.165, 1.54) is 17.0 Å². The van der Waals surface area contributed by atoms with E-state index in [9.17, 15) is 19.7 Å². The van der Waals surface area contributed by atoms with Crippen molar-refractivity contribution in [1.82, 2.24) is 4.90 Å².